The molecule has 0 N–H and O–H groups in total. The molecular formula is C38H22OS. The largest absolute Gasteiger partial charge is 0.464 e. The van der Waals surface area contributed by atoms with E-state index in [2.05, 4.69) is 127 Å². The zero-order valence-corrected chi connectivity index (χ0v) is 22.3. The molecule has 0 bridgehead atoms. The molecule has 0 unspecified atom stereocenters. The van der Waals surface area contributed by atoms with E-state index in [1.54, 1.807) is 6.26 Å². The summed E-state index contributed by atoms with van der Waals surface area (Å²) < 4.78 is 8.36. The molecule has 0 amide bonds. The lowest BCUT2D eigenvalue weighted by Gasteiger charge is -2.19. The van der Waals surface area contributed by atoms with Gasteiger partial charge in [-0.1, -0.05) is 97.1 Å². The Morgan fingerprint density at radius 3 is 1.88 bits per heavy atom. The Morgan fingerprint density at radius 1 is 0.450 bits per heavy atom. The van der Waals surface area contributed by atoms with Crippen LogP contribution in [0.4, 0.5) is 0 Å². The predicted octanol–water partition coefficient (Wildman–Crippen LogP) is 11.6. The minimum absolute atomic E-state index is 0.938. The van der Waals surface area contributed by atoms with E-state index in [9.17, 15) is 0 Å². The van der Waals surface area contributed by atoms with Crippen molar-refractivity contribution in [2.75, 3.05) is 0 Å². The van der Waals surface area contributed by atoms with Crippen LogP contribution in [-0.2, 0) is 0 Å². The van der Waals surface area contributed by atoms with Crippen LogP contribution in [0, 0.1) is 0 Å². The summed E-state index contributed by atoms with van der Waals surface area (Å²) >= 11 is 1.85. The van der Waals surface area contributed by atoms with Crippen molar-refractivity contribution in [3.8, 4) is 22.3 Å². The third-order valence-corrected chi connectivity index (χ3v) is 9.48. The first-order valence-electron chi connectivity index (χ1n) is 13.6. The first kappa shape index (κ1) is 22.0. The second-order valence-corrected chi connectivity index (χ2v) is 11.5. The molecular weight excluding hydrogens is 504 g/mol. The first-order chi connectivity index (χ1) is 19.8. The number of thiophene rings is 1. The summed E-state index contributed by atoms with van der Waals surface area (Å²) in [6.45, 7) is 0. The van der Waals surface area contributed by atoms with Gasteiger partial charge in [0.15, 0.2) is 0 Å². The highest BCUT2D eigenvalue weighted by Gasteiger charge is 2.19. The highest BCUT2D eigenvalue weighted by Crippen LogP contribution is 2.47. The molecule has 0 saturated heterocycles. The molecule has 2 heterocycles. The van der Waals surface area contributed by atoms with Gasteiger partial charge in [0.05, 0.1) is 6.26 Å². The highest BCUT2D eigenvalue weighted by molar-refractivity contribution is 7.26. The van der Waals surface area contributed by atoms with Crippen LogP contribution in [0.15, 0.2) is 138 Å². The zero-order chi connectivity index (χ0) is 26.2. The van der Waals surface area contributed by atoms with Crippen molar-refractivity contribution in [1.29, 1.82) is 0 Å². The monoisotopic (exact) mass is 526 g/mol. The highest BCUT2D eigenvalue weighted by atomic mass is 32.1. The smallest absolute Gasteiger partial charge is 0.134 e. The van der Waals surface area contributed by atoms with Crippen LogP contribution in [0.2, 0.25) is 0 Å². The van der Waals surface area contributed by atoms with E-state index in [0.29, 0.717) is 0 Å². The Hall–Kier alpha value is -4.92. The van der Waals surface area contributed by atoms with Crippen molar-refractivity contribution in [3.05, 3.63) is 134 Å². The van der Waals surface area contributed by atoms with Crippen molar-refractivity contribution >= 4 is 74.8 Å². The fourth-order valence-corrected chi connectivity index (χ4v) is 7.75. The second-order valence-electron chi connectivity index (χ2n) is 10.5. The third-order valence-electron chi connectivity index (χ3n) is 8.34. The third kappa shape index (κ3) is 3.03. The molecule has 0 spiro atoms. The standard InChI is InChI=1S/C38H22OS/c1-2-10-25-23(8-1)9-7-15-26(25)37-29-13-5-3-11-27(29)36(28-12-4-6-14-30(28)37)24-16-18-34-32(22-24)38-31-20-21-39-33(31)17-19-35(38)40-34/h1-22H. The summed E-state index contributed by atoms with van der Waals surface area (Å²) in [4.78, 5) is 0. The number of hydrogen-bond acceptors (Lipinski definition) is 2. The number of rotatable bonds is 2. The molecule has 2 heteroatoms. The van der Waals surface area contributed by atoms with Gasteiger partial charge >= 0.3 is 0 Å². The average molecular weight is 527 g/mol. The fourth-order valence-electron chi connectivity index (χ4n) is 6.65. The summed E-state index contributed by atoms with van der Waals surface area (Å²) in [5.74, 6) is 0. The van der Waals surface area contributed by atoms with Crippen LogP contribution < -0.4 is 0 Å². The molecule has 0 saturated carbocycles. The Labute approximate surface area is 234 Å². The average Bonchev–Trinajstić information content (AvgIpc) is 3.63. The molecule has 0 radical (unpaired) electrons. The topological polar surface area (TPSA) is 13.1 Å². The molecule has 1 nitrogen and oxygen atoms in total. The van der Waals surface area contributed by atoms with E-state index in [1.807, 2.05) is 11.3 Å². The molecule has 7 aromatic carbocycles. The lowest BCUT2D eigenvalue weighted by atomic mass is 9.84. The predicted molar refractivity (Wildman–Crippen MR) is 172 cm³/mol. The fraction of sp³-hybridized carbons (Fsp3) is 0. The minimum atomic E-state index is 0.938. The van der Waals surface area contributed by atoms with Crippen molar-refractivity contribution < 1.29 is 4.42 Å². The molecule has 9 rings (SSSR count). The van der Waals surface area contributed by atoms with Crippen molar-refractivity contribution in [2.45, 2.75) is 0 Å². The van der Waals surface area contributed by atoms with Crippen LogP contribution in [0.1, 0.15) is 0 Å². The molecule has 9 aromatic rings. The van der Waals surface area contributed by atoms with Gasteiger partial charge in [-0.25, -0.2) is 0 Å². The molecule has 0 aliphatic heterocycles. The van der Waals surface area contributed by atoms with Crippen LogP contribution in [0.3, 0.4) is 0 Å². The van der Waals surface area contributed by atoms with Gasteiger partial charge in [-0.2, -0.15) is 0 Å². The van der Waals surface area contributed by atoms with Gasteiger partial charge in [0, 0.05) is 25.6 Å². The number of fused-ring (bicyclic) bond motifs is 8. The van der Waals surface area contributed by atoms with Gasteiger partial charge in [0.2, 0.25) is 0 Å². The number of furan rings is 1. The molecule has 0 atom stereocenters. The Morgan fingerprint density at radius 2 is 1.10 bits per heavy atom. The second kappa shape index (κ2) is 8.29. The van der Waals surface area contributed by atoms with Crippen molar-refractivity contribution in [1.82, 2.24) is 0 Å². The molecule has 0 aliphatic rings. The van der Waals surface area contributed by atoms with Crippen LogP contribution in [0.25, 0.3) is 85.7 Å². The van der Waals surface area contributed by atoms with Gasteiger partial charge < -0.3 is 4.42 Å². The van der Waals surface area contributed by atoms with E-state index < -0.39 is 0 Å². The van der Waals surface area contributed by atoms with Crippen LogP contribution in [-0.4, -0.2) is 0 Å². The van der Waals surface area contributed by atoms with Crippen molar-refractivity contribution in [3.63, 3.8) is 0 Å². The summed E-state index contributed by atoms with van der Waals surface area (Å²) in [6, 6.07) is 46.5. The van der Waals surface area contributed by atoms with E-state index in [-0.39, 0.29) is 0 Å². The SMILES string of the molecule is c1ccc2c(-c3c4ccccc4c(-c4ccc5sc6ccc7occc7c6c5c4)c4ccccc34)cccc2c1. The van der Waals surface area contributed by atoms with Gasteiger partial charge in [-0.05, 0) is 84.9 Å². The lowest BCUT2D eigenvalue weighted by Crippen LogP contribution is -1.91. The maximum atomic E-state index is 5.76. The van der Waals surface area contributed by atoms with Crippen LogP contribution in [0.5, 0.6) is 0 Å². The minimum Gasteiger partial charge on any atom is -0.464 e. The van der Waals surface area contributed by atoms with Crippen LogP contribution >= 0.6 is 11.3 Å². The molecule has 0 fully saturated rings. The zero-order valence-electron chi connectivity index (χ0n) is 21.5. The summed E-state index contributed by atoms with van der Waals surface area (Å²) in [5.41, 5.74) is 6.04. The maximum Gasteiger partial charge on any atom is 0.134 e. The Kier molecular flexibility index (Phi) is 4.55. The number of benzene rings is 7. The van der Waals surface area contributed by atoms with Gasteiger partial charge in [-0.15, -0.1) is 11.3 Å². The van der Waals surface area contributed by atoms with E-state index in [4.69, 9.17) is 4.42 Å². The summed E-state index contributed by atoms with van der Waals surface area (Å²) in [5, 5.41) is 11.4. The van der Waals surface area contributed by atoms with E-state index >= 15 is 0 Å². The molecule has 0 aliphatic carbocycles. The van der Waals surface area contributed by atoms with Gasteiger partial charge in [0.1, 0.15) is 5.58 Å². The Bertz CT molecular complexity index is 2380. The summed E-state index contributed by atoms with van der Waals surface area (Å²) in [7, 11) is 0. The molecule has 186 valence electrons. The summed E-state index contributed by atoms with van der Waals surface area (Å²) in [6.07, 6.45) is 1.80. The quantitative estimate of drug-likeness (QED) is 0.204. The normalized spacial score (nSPS) is 12.0. The van der Waals surface area contributed by atoms with E-state index in [1.165, 1.54) is 80.1 Å². The Balaban J connectivity index is 1.42. The maximum absolute atomic E-state index is 5.76. The molecule has 40 heavy (non-hydrogen) atoms. The lowest BCUT2D eigenvalue weighted by molar-refractivity contribution is 0.616. The van der Waals surface area contributed by atoms with Gasteiger partial charge in [0.25, 0.3) is 0 Å². The van der Waals surface area contributed by atoms with E-state index in [0.717, 1.165) is 5.58 Å². The van der Waals surface area contributed by atoms with Gasteiger partial charge in [-0.3, -0.25) is 0 Å². The number of hydrogen-bond donors (Lipinski definition) is 0. The van der Waals surface area contributed by atoms with Crippen molar-refractivity contribution in [2.24, 2.45) is 0 Å². The molecule has 2 aromatic heterocycles. The first-order valence-corrected chi connectivity index (χ1v) is 14.4.